The molecular formula is C18H24N6S2. The van der Waals surface area contributed by atoms with Crippen LogP contribution in [0.1, 0.15) is 18.4 Å². The molecule has 0 radical (unpaired) electrons. The summed E-state index contributed by atoms with van der Waals surface area (Å²) in [5.41, 5.74) is 2.48. The minimum Gasteiger partial charge on any atom is -0.337 e. The number of aromatic nitrogens is 2. The Balaban J connectivity index is 1.34. The van der Waals surface area contributed by atoms with Crippen molar-refractivity contribution >= 4 is 35.4 Å². The van der Waals surface area contributed by atoms with E-state index >= 15 is 0 Å². The van der Waals surface area contributed by atoms with Gasteiger partial charge in [-0.2, -0.15) is 0 Å². The van der Waals surface area contributed by atoms with Crippen molar-refractivity contribution in [2.75, 3.05) is 32.5 Å². The minimum absolute atomic E-state index is 0.607. The quantitative estimate of drug-likeness (QED) is 0.645. The van der Waals surface area contributed by atoms with Gasteiger partial charge in [0.15, 0.2) is 5.82 Å². The van der Waals surface area contributed by atoms with Crippen LogP contribution in [0.15, 0.2) is 40.5 Å². The Kier molecular flexibility index (Phi) is 5.66. The highest BCUT2D eigenvalue weighted by molar-refractivity contribution is 7.99. The number of piperidine rings is 1. The van der Waals surface area contributed by atoms with E-state index in [1.807, 2.05) is 0 Å². The molecule has 2 aliphatic rings. The Bertz CT molecular complexity index is 761. The molecule has 0 aliphatic carbocycles. The molecule has 6 nitrogen and oxygen atoms in total. The molecule has 8 heteroatoms. The van der Waals surface area contributed by atoms with E-state index < -0.39 is 0 Å². The van der Waals surface area contributed by atoms with Crippen LogP contribution in [0.2, 0.25) is 0 Å². The maximum absolute atomic E-state index is 4.39. The van der Waals surface area contributed by atoms with E-state index in [1.165, 1.54) is 23.3 Å². The van der Waals surface area contributed by atoms with Gasteiger partial charge in [-0.3, -0.25) is 4.90 Å². The number of nitrogens with one attached hydrogen (secondary N) is 2. The summed E-state index contributed by atoms with van der Waals surface area (Å²) in [6.07, 6.45) is 5.86. The first-order valence-electron chi connectivity index (χ1n) is 8.88. The van der Waals surface area contributed by atoms with Crippen molar-refractivity contribution in [2.24, 2.45) is 0 Å². The first-order valence-corrected chi connectivity index (χ1v) is 10.5. The smallest absolute Gasteiger partial charge is 0.163 e. The third-order valence-corrected chi connectivity index (χ3v) is 6.44. The summed E-state index contributed by atoms with van der Waals surface area (Å²) in [5, 5.41) is 4.36. The van der Waals surface area contributed by atoms with Gasteiger partial charge in [-0.1, -0.05) is 17.8 Å². The second kappa shape index (κ2) is 8.14. The van der Waals surface area contributed by atoms with Gasteiger partial charge in [-0.05, 0) is 57.7 Å². The Labute approximate surface area is 163 Å². The molecule has 0 bridgehead atoms. The highest BCUT2D eigenvalue weighted by Crippen LogP contribution is 2.42. The van der Waals surface area contributed by atoms with Gasteiger partial charge in [0.25, 0.3) is 0 Å². The average Bonchev–Trinajstić information content (AvgIpc) is 2.66. The number of rotatable bonds is 5. The molecule has 2 N–H and O–H groups in total. The predicted molar refractivity (Wildman–Crippen MR) is 109 cm³/mol. The topological polar surface area (TPSA) is 56.3 Å². The molecule has 2 aromatic rings. The van der Waals surface area contributed by atoms with Crippen LogP contribution < -0.4 is 10.0 Å². The molecular weight excluding hydrogens is 364 g/mol. The lowest BCUT2D eigenvalue weighted by Crippen LogP contribution is -2.40. The molecule has 0 unspecified atom stereocenters. The van der Waals surface area contributed by atoms with E-state index in [4.69, 9.17) is 0 Å². The highest BCUT2D eigenvalue weighted by Gasteiger charge is 2.21. The maximum Gasteiger partial charge on any atom is 0.163 e. The molecule has 0 atom stereocenters. The largest absolute Gasteiger partial charge is 0.337 e. The number of anilines is 2. The van der Waals surface area contributed by atoms with Crippen LogP contribution in [-0.4, -0.2) is 52.4 Å². The summed E-state index contributed by atoms with van der Waals surface area (Å²) >= 11 is 3.38. The predicted octanol–water partition coefficient (Wildman–Crippen LogP) is 3.36. The Morgan fingerprint density at radius 2 is 2.08 bits per heavy atom. The first kappa shape index (κ1) is 18.1. The van der Waals surface area contributed by atoms with Crippen molar-refractivity contribution in [3.63, 3.8) is 0 Å². The SMILES string of the molecule is CN(C)SNC1CCN(Cc2ccc3c(c2)Nc2nccnc2S3)CC1. The summed E-state index contributed by atoms with van der Waals surface area (Å²) in [5.74, 6) is 0.854. The molecule has 0 amide bonds. The monoisotopic (exact) mass is 388 g/mol. The molecule has 1 saturated heterocycles. The number of likely N-dealkylation sites (tertiary alicyclic amines) is 1. The normalized spacial score (nSPS) is 17.7. The van der Waals surface area contributed by atoms with Crippen LogP contribution in [0, 0.1) is 0 Å². The first-order chi connectivity index (χ1) is 12.7. The lowest BCUT2D eigenvalue weighted by atomic mass is 10.1. The van der Waals surface area contributed by atoms with Gasteiger partial charge >= 0.3 is 0 Å². The fourth-order valence-corrected chi connectivity index (χ4v) is 4.70. The third kappa shape index (κ3) is 4.32. The molecule has 3 heterocycles. The number of benzene rings is 1. The van der Waals surface area contributed by atoms with E-state index in [0.717, 1.165) is 36.2 Å². The fraction of sp³-hybridized carbons (Fsp3) is 0.444. The Morgan fingerprint density at radius 1 is 1.27 bits per heavy atom. The summed E-state index contributed by atoms with van der Waals surface area (Å²) < 4.78 is 5.65. The number of fused-ring (bicyclic) bond motifs is 2. The van der Waals surface area contributed by atoms with Gasteiger partial charge in [-0.25, -0.2) is 19.0 Å². The molecule has 1 aromatic carbocycles. The molecule has 138 valence electrons. The molecule has 1 fully saturated rings. The molecule has 0 saturated carbocycles. The van der Waals surface area contributed by atoms with Gasteiger partial charge < -0.3 is 5.32 Å². The number of hydrogen-bond donors (Lipinski definition) is 2. The van der Waals surface area contributed by atoms with Gasteiger partial charge in [0.05, 0.1) is 5.69 Å². The number of hydrogen-bond acceptors (Lipinski definition) is 8. The maximum atomic E-state index is 4.39. The Hall–Kier alpha value is -1.32. The van der Waals surface area contributed by atoms with E-state index in [-0.39, 0.29) is 0 Å². The van der Waals surface area contributed by atoms with Crippen LogP contribution in [0.4, 0.5) is 11.5 Å². The van der Waals surface area contributed by atoms with Crippen LogP contribution in [0.3, 0.4) is 0 Å². The second-order valence-corrected chi connectivity index (χ2v) is 9.02. The summed E-state index contributed by atoms with van der Waals surface area (Å²) in [6, 6.07) is 7.30. The van der Waals surface area contributed by atoms with Crippen molar-refractivity contribution < 1.29 is 0 Å². The zero-order valence-corrected chi connectivity index (χ0v) is 16.7. The van der Waals surface area contributed by atoms with Crippen LogP contribution >= 0.6 is 23.9 Å². The summed E-state index contributed by atoms with van der Waals surface area (Å²) in [7, 11) is 4.14. The average molecular weight is 389 g/mol. The van der Waals surface area contributed by atoms with E-state index in [2.05, 4.69) is 61.5 Å². The summed E-state index contributed by atoms with van der Waals surface area (Å²) in [4.78, 5) is 12.5. The van der Waals surface area contributed by atoms with Crippen LogP contribution in [-0.2, 0) is 6.54 Å². The van der Waals surface area contributed by atoms with Crippen molar-refractivity contribution in [1.82, 2.24) is 23.9 Å². The molecule has 4 rings (SSSR count). The molecule has 0 spiro atoms. The molecule has 26 heavy (non-hydrogen) atoms. The van der Waals surface area contributed by atoms with Crippen LogP contribution in [0.25, 0.3) is 0 Å². The van der Waals surface area contributed by atoms with Gasteiger partial charge in [0, 0.05) is 42.0 Å². The minimum atomic E-state index is 0.607. The fourth-order valence-electron chi connectivity index (χ4n) is 3.23. The lowest BCUT2D eigenvalue weighted by Gasteiger charge is -2.32. The summed E-state index contributed by atoms with van der Waals surface area (Å²) in [6.45, 7) is 3.28. The van der Waals surface area contributed by atoms with E-state index in [1.54, 1.807) is 36.3 Å². The second-order valence-electron chi connectivity index (χ2n) is 6.84. The van der Waals surface area contributed by atoms with Crippen molar-refractivity contribution in [2.45, 2.75) is 35.3 Å². The van der Waals surface area contributed by atoms with Crippen molar-refractivity contribution in [3.8, 4) is 0 Å². The lowest BCUT2D eigenvalue weighted by molar-refractivity contribution is 0.201. The van der Waals surface area contributed by atoms with Gasteiger partial charge in [0.2, 0.25) is 0 Å². The standard InChI is InChI=1S/C18H24N6S2/c1-23(2)26-22-14-5-9-24(10-6-14)12-13-3-4-16-15(11-13)21-17-18(25-16)20-8-7-19-17/h3-4,7-8,11,14,22H,5-6,9-10,12H2,1-2H3,(H,19,21). The van der Waals surface area contributed by atoms with Crippen molar-refractivity contribution in [3.05, 3.63) is 36.2 Å². The molecule has 2 aliphatic heterocycles. The zero-order valence-electron chi connectivity index (χ0n) is 15.1. The van der Waals surface area contributed by atoms with E-state index in [9.17, 15) is 0 Å². The van der Waals surface area contributed by atoms with Crippen molar-refractivity contribution in [1.29, 1.82) is 0 Å². The number of nitrogens with zero attached hydrogens (tertiary/aromatic N) is 4. The van der Waals surface area contributed by atoms with E-state index in [0.29, 0.717) is 6.04 Å². The molecule has 1 aromatic heterocycles. The zero-order chi connectivity index (χ0) is 17.9. The Morgan fingerprint density at radius 3 is 2.88 bits per heavy atom. The third-order valence-electron chi connectivity index (χ3n) is 4.56. The highest BCUT2D eigenvalue weighted by atomic mass is 32.2. The van der Waals surface area contributed by atoms with Gasteiger partial charge in [0.1, 0.15) is 5.03 Å². The van der Waals surface area contributed by atoms with Gasteiger partial charge in [-0.15, -0.1) is 0 Å². The van der Waals surface area contributed by atoms with Crippen LogP contribution in [0.5, 0.6) is 0 Å².